The third-order valence-electron chi connectivity index (χ3n) is 3.92. The SMILES string of the molecule is CCCOCCc1nc(N2CCC(C(C)N)CC2)n[nH]1. The summed E-state index contributed by atoms with van der Waals surface area (Å²) in [4.78, 5) is 6.79. The van der Waals surface area contributed by atoms with Gasteiger partial charge in [-0.3, -0.25) is 5.10 Å². The number of anilines is 1. The van der Waals surface area contributed by atoms with Gasteiger partial charge in [-0.05, 0) is 32.1 Å². The predicted octanol–water partition coefficient (Wildman–Crippen LogP) is 1.34. The Morgan fingerprint density at radius 1 is 1.40 bits per heavy atom. The van der Waals surface area contributed by atoms with Crippen molar-refractivity contribution in [3.63, 3.8) is 0 Å². The Balaban J connectivity index is 1.78. The monoisotopic (exact) mass is 281 g/mol. The molecule has 2 heterocycles. The number of nitrogens with two attached hydrogens (primary N) is 1. The van der Waals surface area contributed by atoms with E-state index in [1.54, 1.807) is 0 Å². The number of ether oxygens (including phenoxy) is 1. The van der Waals surface area contributed by atoms with Crippen molar-refractivity contribution in [2.75, 3.05) is 31.2 Å². The van der Waals surface area contributed by atoms with Crippen LogP contribution in [0, 0.1) is 5.92 Å². The lowest BCUT2D eigenvalue weighted by Gasteiger charge is -2.32. The van der Waals surface area contributed by atoms with Gasteiger partial charge in [-0.2, -0.15) is 4.98 Å². The van der Waals surface area contributed by atoms with Crippen LogP contribution in [0.4, 0.5) is 5.95 Å². The summed E-state index contributed by atoms with van der Waals surface area (Å²) in [5.41, 5.74) is 5.97. The molecule has 20 heavy (non-hydrogen) atoms. The largest absolute Gasteiger partial charge is 0.381 e. The van der Waals surface area contributed by atoms with Crippen LogP contribution in [-0.2, 0) is 11.2 Å². The lowest BCUT2D eigenvalue weighted by molar-refractivity contribution is 0.136. The van der Waals surface area contributed by atoms with Crippen molar-refractivity contribution in [2.24, 2.45) is 11.7 Å². The molecule has 1 saturated heterocycles. The topological polar surface area (TPSA) is 80.1 Å². The van der Waals surface area contributed by atoms with Gasteiger partial charge in [-0.15, -0.1) is 5.10 Å². The van der Waals surface area contributed by atoms with Crippen molar-refractivity contribution in [3.05, 3.63) is 5.82 Å². The third-order valence-corrected chi connectivity index (χ3v) is 3.92. The van der Waals surface area contributed by atoms with Gasteiger partial charge in [-0.1, -0.05) is 6.92 Å². The molecule has 6 nitrogen and oxygen atoms in total. The van der Waals surface area contributed by atoms with Crippen LogP contribution in [0.25, 0.3) is 0 Å². The first-order valence-electron chi connectivity index (χ1n) is 7.70. The molecule has 1 atom stereocenters. The minimum absolute atomic E-state index is 0.288. The second kappa shape index (κ2) is 7.59. The Labute approximate surface area is 121 Å². The van der Waals surface area contributed by atoms with Gasteiger partial charge in [0.15, 0.2) is 0 Å². The summed E-state index contributed by atoms with van der Waals surface area (Å²) in [6.45, 7) is 7.71. The van der Waals surface area contributed by atoms with Crippen LogP contribution in [-0.4, -0.2) is 47.5 Å². The first-order valence-corrected chi connectivity index (χ1v) is 7.70. The fraction of sp³-hybridized carbons (Fsp3) is 0.857. The van der Waals surface area contributed by atoms with Crippen LogP contribution in [0.2, 0.25) is 0 Å². The molecule has 1 unspecified atom stereocenters. The summed E-state index contributed by atoms with van der Waals surface area (Å²) in [6, 6.07) is 0.288. The van der Waals surface area contributed by atoms with E-state index in [0.717, 1.165) is 57.2 Å². The van der Waals surface area contributed by atoms with Crippen molar-refractivity contribution in [1.82, 2.24) is 15.2 Å². The number of nitrogens with one attached hydrogen (secondary N) is 1. The highest BCUT2D eigenvalue weighted by molar-refractivity contribution is 5.29. The molecule has 2 rings (SSSR count). The summed E-state index contributed by atoms with van der Waals surface area (Å²) >= 11 is 0. The molecule has 0 amide bonds. The van der Waals surface area contributed by atoms with E-state index in [2.05, 4.69) is 33.9 Å². The summed E-state index contributed by atoms with van der Waals surface area (Å²) in [5, 5.41) is 7.32. The van der Waals surface area contributed by atoms with E-state index in [0.29, 0.717) is 12.5 Å². The van der Waals surface area contributed by atoms with Crippen LogP contribution in [0.1, 0.15) is 38.9 Å². The zero-order valence-electron chi connectivity index (χ0n) is 12.6. The van der Waals surface area contributed by atoms with Crippen LogP contribution < -0.4 is 10.6 Å². The standard InChI is InChI=1S/C14H27N5O/c1-3-9-20-10-6-13-16-14(18-17-13)19-7-4-12(5-8-19)11(2)15/h11-12H,3-10,15H2,1-2H3,(H,16,17,18). The van der Waals surface area contributed by atoms with Gasteiger partial charge >= 0.3 is 0 Å². The Kier molecular flexibility index (Phi) is 5.79. The quantitative estimate of drug-likeness (QED) is 0.737. The van der Waals surface area contributed by atoms with E-state index in [1.165, 1.54) is 0 Å². The Morgan fingerprint density at radius 3 is 2.80 bits per heavy atom. The van der Waals surface area contributed by atoms with Crippen molar-refractivity contribution in [3.8, 4) is 0 Å². The lowest BCUT2D eigenvalue weighted by atomic mass is 9.91. The highest BCUT2D eigenvalue weighted by Crippen LogP contribution is 2.22. The van der Waals surface area contributed by atoms with Crippen LogP contribution in [0.15, 0.2) is 0 Å². The maximum absolute atomic E-state index is 5.97. The first-order chi connectivity index (χ1) is 9.70. The molecule has 1 fully saturated rings. The van der Waals surface area contributed by atoms with Gasteiger partial charge in [0.25, 0.3) is 0 Å². The number of hydrogen-bond donors (Lipinski definition) is 2. The molecular weight excluding hydrogens is 254 g/mol. The van der Waals surface area contributed by atoms with E-state index in [9.17, 15) is 0 Å². The molecular formula is C14H27N5O. The number of aromatic nitrogens is 3. The normalized spacial score (nSPS) is 18.4. The van der Waals surface area contributed by atoms with E-state index < -0.39 is 0 Å². The van der Waals surface area contributed by atoms with Gasteiger partial charge < -0.3 is 15.4 Å². The molecule has 1 aromatic heterocycles. The van der Waals surface area contributed by atoms with Crippen molar-refractivity contribution in [1.29, 1.82) is 0 Å². The van der Waals surface area contributed by atoms with E-state index >= 15 is 0 Å². The molecule has 1 aliphatic heterocycles. The molecule has 0 aliphatic carbocycles. The molecule has 0 saturated carbocycles. The lowest BCUT2D eigenvalue weighted by Crippen LogP contribution is -2.40. The molecule has 6 heteroatoms. The van der Waals surface area contributed by atoms with E-state index in [1.807, 2.05) is 0 Å². The number of piperidine rings is 1. The first kappa shape index (κ1) is 15.3. The van der Waals surface area contributed by atoms with Crippen molar-refractivity contribution < 1.29 is 4.74 Å². The molecule has 0 aromatic carbocycles. The van der Waals surface area contributed by atoms with Gasteiger partial charge in [0.1, 0.15) is 5.82 Å². The Bertz CT molecular complexity index is 385. The molecule has 1 aromatic rings. The average molecular weight is 281 g/mol. The van der Waals surface area contributed by atoms with Gasteiger partial charge in [0.05, 0.1) is 6.61 Å². The minimum Gasteiger partial charge on any atom is -0.381 e. The molecule has 114 valence electrons. The zero-order valence-corrected chi connectivity index (χ0v) is 12.6. The number of hydrogen-bond acceptors (Lipinski definition) is 5. The van der Waals surface area contributed by atoms with Crippen LogP contribution in [0.3, 0.4) is 0 Å². The summed E-state index contributed by atoms with van der Waals surface area (Å²) in [7, 11) is 0. The summed E-state index contributed by atoms with van der Waals surface area (Å²) in [5.74, 6) is 2.36. The van der Waals surface area contributed by atoms with Crippen LogP contribution in [0.5, 0.6) is 0 Å². The van der Waals surface area contributed by atoms with Gasteiger partial charge in [0.2, 0.25) is 5.95 Å². The highest BCUT2D eigenvalue weighted by atomic mass is 16.5. The van der Waals surface area contributed by atoms with Crippen molar-refractivity contribution >= 4 is 5.95 Å². The Hall–Kier alpha value is -1.14. The zero-order chi connectivity index (χ0) is 14.4. The van der Waals surface area contributed by atoms with E-state index in [-0.39, 0.29) is 6.04 Å². The number of H-pyrrole nitrogens is 1. The molecule has 1 aliphatic rings. The van der Waals surface area contributed by atoms with Crippen LogP contribution >= 0.6 is 0 Å². The van der Waals surface area contributed by atoms with Crippen molar-refractivity contribution in [2.45, 2.75) is 45.6 Å². The fourth-order valence-corrected chi connectivity index (χ4v) is 2.58. The highest BCUT2D eigenvalue weighted by Gasteiger charge is 2.23. The number of rotatable bonds is 7. The maximum atomic E-state index is 5.97. The minimum atomic E-state index is 0.288. The second-order valence-corrected chi connectivity index (χ2v) is 5.63. The number of aromatic amines is 1. The molecule has 0 radical (unpaired) electrons. The smallest absolute Gasteiger partial charge is 0.244 e. The number of nitrogens with zero attached hydrogens (tertiary/aromatic N) is 3. The molecule has 0 bridgehead atoms. The fourth-order valence-electron chi connectivity index (χ4n) is 2.58. The molecule has 3 N–H and O–H groups in total. The van der Waals surface area contributed by atoms with Gasteiger partial charge in [-0.25, -0.2) is 0 Å². The maximum Gasteiger partial charge on any atom is 0.244 e. The summed E-state index contributed by atoms with van der Waals surface area (Å²) in [6.07, 6.45) is 4.10. The second-order valence-electron chi connectivity index (χ2n) is 5.63. The average Bonchev–Trinajstić information content (AvgIpc) is 2.92. The third kappa shape index (κ3) is 4.18. The van der Waals surface area contributed by atoms with E-state index in [4.69, 9.17) is 10.5 Å². The van der Waals surface area contributed by atoms with Gasteiger partial charge in [0, 0.05) is 32.2 Å². The Morgan fingerprint density at radius 2 is 2.15 bits per heavy atom. The predicted molar refractivity (Wildman–Crippen MR) is 79.8 cm³/mol. The molecule has 0 spiro atoms. The summed E-state index contributed by atoms with van der Waals surface area (Å²) < 4.78 is 5.47.